The summed E-state index contributed by atoms with van der Waals surface area (Å²) in [5, 5.41) is 0. The molecule has 0 bridgehead atoms. The Balaban J connectivity index is 2.28. The first-order valence-corrected chi connectivity index (χ1v) is 8.89. The van der Waals surface area contributed by atoms with Crippen LogP contribution in [-0.2, 0) is 13.8 Å². The first-order chi connectivity index (χ1) is 10.1. The van der Waals surface area contributed by atoms with Crippen LogP contribution in [0.15, 0.2) is 30.3 Å². The van der Waals surface area contributed by atoms with Gasteiger partial charge in [-0.15, -0.1) is 0 Å². The van der Waals surface area contributed by atoms with E-state index in [-0.39, 0.29) is 18.5 Å². The molecule has 0 radical (unpaired) electrons. The molecule has 2 rings (SSSR count). The molecule has 0 spiro atoms. The third kappa shape index (κ3) is 4.13. The van der Waals surface area contributed by atoms with Crippen LogP contribution >= 0.6 is 10.7 Å². The first kappa shape index (κ1) is 17.1. The second-order valence-electron chi connectivity index (χ2n) is 5.18. The number of benzene rings is 1. The van der Waals surface area contributed by atoms with Gasteiger partial charge in [0.2, 0.25) is 15.0 Å². The molecule has 0 aliphatic carbocycles. The summed E-state index contributed by atoms with van der Waals surface area (Å²) in [6.07, 6.45) is -4.91. The van der Waals surface area contributed by atoms with Crippen molar-refractivity contribution in [1.29, 1.82) is 0 Å². The van der Waals surface area contributed by atoms with E-state index in [0.29, 0.717) is 4.90 Å². The number of hydrogen-bond donors (Lipinski definition) is 0. The van der Waals surface area contributed by atoms with Gasteiger partial charge in [-0.25, -0.2) is 8.42 Å². The normalized spacial score (nSPS) is 21.2. The summed E-state index contributed by atoms with van der Waals surface area (Å²) in [6.45, 7) is -0.288. The summed E-state index contributed by atoms with van der Waals surface area (Å²) in [5.74, 6) is -1.98. The summed E-state index contributed by atoms with van der Waals surface area (Å²) >= 11 is 0. The standard InChI is InChI=1S/C13H13ClF3NO3S/c14-22(20,21)8-9-6-11(19)18(7-9)12(13(15,16)17)10-4-2-1-3-5-10/h1-5,9,12H,6-8H2. The van der Waals surface area contributed by atoms with Gasteiger partial charge in [-0.1, -0.05) is 30.3 Å². The zero-order chi connectivity index (χ0) is 16.5. The fraction of sp³-hybridized carbons (Fsp3) is 0.462. The van der Waals surface area contributed by atoms with Gasteiger partial charge in [0, 0.05) is 29.6 Å². The SMILES string of the molecule is O=C1CC(CS(=O)(=O)Cl)CN1C(c1ccccc1)C(F)(F)F. The van der Waals surface area contributed by atoms with Gasteiger partial charge in [0.15, 0.2) is 6.04 Å². The molecule has 1 saturated heterocycles. The van der Waals surface area contributed by atoms with Crippen molar-refractivity contribution < 1.29 is 26.4 Å². The minimum atomic E-state index is -4.65. The smallest absolute Gasteiger partial charge is 0.326 e. The highest BCUT2D eigenvalue weighted by molar-refractivity contribution is 8.13. The van der Waals surface area contributed by atoms with Gasteiger partial charge in [0.25, 0.3) is 0 Å². The molecule has 1 aliphatic heterocycles. The average molecular weight is 356 g/mol. The van der Waals surface area contributed by atoms with Crippen LogP contribution in [0, 0.1) is 5.92 Å². The monoisotopic (exact) mass is 355 g/mol. The van der Waals surface area contributed by atoms with Crippen LogP contribution in [-0.4, -0.2) is 37.7 Å². The molecule has 1 aromatic rings. The van der Waals surface area contributed by atoms with Crippen LogP contribution < -0.4 is 0 Å². The molecule has 1 fully saturated rings. The third-order valence-electron chi connectivity index (χ3n) is 3.41. The second kappa shape index (κ2) is 6.08. The summed E-state index contributed by atoms with van der Waals surface area (Å²) in [6, 6.07) is 4.98. The van der Waals surface area contributed by atoms with E-state index < -0.39 is 38.8 Å². The van der Waals surface area contributed by atoms with Crippen molar-refractivity contribution in [1.82, 2.24) is 4.90 Å². The quantitative estimate of drug-likeness (QED) is 0.780. The average Bonchev–Trinajstić information content (AvgIpc) is 2.67. The Morgan fingerprint density at radius 2 is 1.86 bits per heavy atom. The molecule has 1 heterocycles. The molecule has 0 N–H and O–H groups in total. The Bertz CT molecular complexity index is 648. The first-order valence-electron chi connectivity index (χ1n) is 6.41. The number of hydrogen-bond acceptors (Lipinski definition) is 3. The predicted octanol–water partition coefficient (Wildman–Crippen LogP) is 2.71. The molecule has 0 saturated carbocycles. The zero-order valence-corrected chi connectivity index (χ0v) is 12.8. The number of carbonyl (C=O) groups is 1. The molecule has 2 unspecified atom stereocenters. The van der Waals surface area contributed by atoms with E-state index in [1.54, 1.807) is 6.07 Å². The van der Waals surface area contributed by atoms with Gasteiger partial charge in [-0.2, -0.15) is 13.2 Å². The van der Waals surface area contributed by atoms with E-state index in [9.17, 15) is 26.4 Å². The van der Waals surface area contributed by atoms with Crippen LogP contribution in [0.4, 0.5) is 13.2 Å². The van der Waals surface area contributed by atoms with Gasteiger partial charge < -0.3 is 4.90 Å². The van der Waals surface area contributed by atoms with Crippen molar-refractivity contribution in [2.75, 3.05) is 12.3 Å². The molecular weight excluding hydrogens is 343 g/mol. The van der Waals surface area contributed by atoms with E-state index in [1.807, 2.05) is 0 Å². The molecule has 1 amide bonds. The molecule has 1 aromatic carbocycles. The molecule has 122 valence electrons. The highest BCUT2D eigenvalue weighted by Crippen LogP contribution is 2.40. The van der Waals surface area contributed by atoms with Crippen LogP contribution in [0.25, 0.3) is 0 Å². The third-order valence-corrected chi connectivity index (χ3v) is 4.66. The van der Waals surface area contributed by atoms with Gasteiger partial charge in [0.05, 0.1) is 5.75 Å². The number of carbonyl (C=O) groups excluding carboxylic acids is 1. The molecule has 2 atom stereocenters. The van der Waals surface area contributed by atoms with E-state index in [0.717, 1.165) is 0 Å². The maximum atomic E-state index is 13.4. The van der Waals surface area contributed by atoms with Gasteiger partial charge in [-0.05, 0) is 5.56 Å². The Hall–Kier alpha value is -1.28. The Morgan fingerprint density at radius 3 is 2.36 bits per heavy atom. The summed E-state index contributed by atoms with van der Waals surface area (Å²) in [4.78, 5) is 12.6. The zero-order valence-electron chi connectivity index (χ0n) is 11.3. The predicted molar refractivity (Wildman–Crippen MR) is 74.7 cm³/mol. The number of likely N-dealkylation sites (tertiary alicyclic amines) is 1. The molecule has 22 heavy (non-hydrogen) atoms. The summed E-state index contributed by atoms with van der Waals surface area (Å²) < 4.78 is 62.2. The Kier molecular flexibility index (Phi) is 4.72. The van der Waals surface area contributed by atoms with Crippen molar-refractivity contribution >= 4 is 25.6 Å². The lowest BCUT2D eigenvalue weighted by atomic mass is 10.1. The Morgan fingerprint density at radius 1 is 1.27 bits per heavy atom. The molecule has 0 aromatic heterocycles. The molecule has 4 nitrogen and oxygen atoms in total. The van der Waals surface area contributed by atoms with Gasteiger partial charge in [0.1, 0.15) is 0 Å². The minimum Gasteiger partial charge on any atom is -0.326 e. The van der Waals surface area contributed by atoms with Crippen molar-refractivity contribution in [2.45, 2.75) is 18.6 Å². The number of halogens is 4. The van der Waals surface area contributed by atoms with E-state index in [4.69, 9.17) is 10.7 Å². The van der Waals surface area contributed by atoms with Gasteiger partial charge in [-0.3, -0.25) is 4.79 Å². The van der Waals surface area contributed by atoms with Crippen LogP contribution in [0.1, 0.15) is 18.0 Å². The van der Waals surface area contributed by atoms with Crippen LogP contribution in [0.3, 0.4) is 0 Å². The number of alkyl halides is 3. The summed E-state index contributed by atoms with van der Waals surface area (Å²) in [7, 11) is 1.25. The lowest BCUT2D eigenvalue weighted by Crippen LogP contribution is -2.39. The fourth-order valence-corrected chi connectivity index (χ4v) is 3.95. The van der Waals surface area contributed by atoms with Crippen molar-refractivity contribution in [3.63, 3.8) is 0 Å². The maximum absolute atomic E-state index is 13.4. The van der Waals surface area contributed by atoms with E-state index in [1.165, 1.54) is 24.3 Å². The van der Waals surface area contributed by atoms with Crippen molar-refractivity contribution in [2.24, 2.45) is 5.92 Å². The number of nitrogens with zero attached hydrogens (tertiary/aromatic N) is 1. The lowest BCUT2D eigenvalue weighted by Gasteiger charge is -2.30. The van der Waals surface area contributed by atoms with E-state index >= 15 is 0 Å². The van der Waals surface area contributed by atoms with Crippen LogP contribution in [0.2, 0.25) is 0 Å². The largest absolute Gasteiger partial charge is 0.413 e. The lowest BCUT2D eigenvalue weighted by molar-refractivity contribution is -0.189. The second-order valence-corrected chi connectivity index (χ2v) is 8.00. The molecule has 1 aliphatic rings. The van der Waals surface area contributed by atoms with Crippen LogP contribution in [0.5, 0.6) is 0 Å². The molecular formula is C13H13ClF3NO3S. The van der Waals surface area contributed by atoms with Gasteiger partial charge >= 0.3 is 6.18 Å². The summed E-state index contributed by atoms with van der Waals surface area (Å²) in [5.41, 5.74) is -0.0577. The highest BCUT2D eigenvalue weighted by atomic mass is 35.7. The van der Waals surface area contributed by atoms with Crippen molar-refractivity contribution in [3.8, 4) is 0 Å². The van der Waals surface area contributed by atoms with E-state index in [2.05, 4.69) is 0 Å². The minimum absolute atomic E-state index is 0.0577. The maximum Gasteiger partial charge on any atom is 0.413 e. The Labute approximate surface area is 130 Å². The van der Waals surface area contributed by atoms with Crippen molar-refractivity contribution in [3.05, 3.63) is 35.9 Å². The highest BCUT2D eigenvalue weighted by Gasteiger charge is 2.49. The molecule has 9 heteroatoms. The topological polar surface area (TPSA) is 54.5 Å². The number of rotatable bonds is 4. The number of amides is 1. The fourth-order valence-electron chi connectivity index (χ4n) is 2.63.